The smallest absolute Gasteiger partial charge is 0.251 e. The van der Waals surface area contributed by atoms with Crippen LogP contribution in [0, 0.1) is 0 Å². The average Bonchev–Trinajstić information content (AvgIpc) is 2.81. The summed E-state index contributed by atoms with van der Waals surface area (Å²) in [5.74, 6) is 2.31. The van der Waals surface area contributed by atoms with Gasteiger partial charge in [0.1, 0.15) is 0 Å². The lowest BCUT2D eigenvalue weighted by atomic mass is 10.1. The molecule has 3 rings (SSSR count). The standard InChI is InChI=1S/C23H24N2O4S/c1-27-20-11-17(12-21(28-2)22(20)29-3)14-25-23(26)18-6-8-19(9-7-18)30-15-16-5-4-10-24-13-16/h4-13H,14-15H2,1-3H3,(H,25,26). The molecule has 1 heterocycles. The molecule has 3 aromatic rings. The summed E-state index contributed by atoms with van der Waals surface area (Å²) in [7, 11) is 4.68. The highest BCUT2D eigenvalue weighted by Crippen LogP contribution is 2.38. The maximum atomic E-state index is 12.5. The molecule has 7 heteroatoms. The molecule has 1 aromatic heterocycles. The SMILES string of the molecule is COc1cc(CNC(=O)c2ccc(SCc3cccnc3)cc2)cc(OC)c1OC. The van der Waals surface area contributed by atoms with E-state index >= 15 is 0 Å². The van der Waals surface area contributed by atoms with Crippen molar-refractivity contribution in [3.05, 3.63) is 77.6 Å². The number of aromatic nitrogens is 1. The van der Waals surface area contributed by atoms with Crippen LogP contribution in [0.4, 0.5) is 0 Å². The van der Waals surface area contributed by atoms with Crippen LogP contribution in [0.25, 0.3) is 0 Å². The molecule has 0 bridgehead atoms. The van der Waals surface area contributed by atoms with E-state index < -0.39 is 0 Å². The zero-order valence-corrected chi connectivity index (χ0v) is 18.0. The molecule has 0 unspecified atom stereocenters. The van der Waals surface area contributed by atoms with Crippen LogP contribution in [-0.2, 0) is 12.3 Å². The molecule has 0 spiro atoms. The van der Waals surface area contributed by atoms with Gasteiger partial charge in [-0.3, -0.25) is 9.78 Å². The van der Waals surface area contributed by atoms with Crippen LogP contribution in [0.3, 0.4) is 0 Å². The summed E-state index contributed by atoms with van der Waals surface area (Å²) in [6, 6.07) is 15.2. The molecule has 0 radical (unpaired) electrons. The Balaban J connectivity index is 1.59. The molecule has 0 aliphatic rings. The maximum Gasteiger partial charge on any atom is 0.251 e. The number of nitrogens with zero attached hydrogens (tertiary/aromatic N) is 1. The van der Waals surface area contributed by atoms with E-state index in [0.717, 1.165) is 21.8 Å². The van der Waals surface area contributed by atoms with Crippen molar-refractivity contribution in [1.29, 1.82) is 0 Å². The fourth-order valence-electron chi connectivity index (χ4n) is 2.87. The number of benzene rings is 2. The number of hydrogen-bond acceptors (Lipinski definition) is 6. The molecule has 1 amide bonds. The van der Waals surface area contributed by atoms with Gasteiger partial charge in [-0.25, -0.2) is 0 Å². The Kier molecular flexibility index (Phi) is 7.57. The molecular formula is C23H24N2O4S. The maximum absolute atomic E-state index is 12.5. The van der Waals surface area contributed by atoms with E-state index in [2.05, 4.69) is 10.3 Å². The Morgan fingerprint density at radius 3 is 2.23 bits per heavy atom. The number of hydrogen-bond donors (Lipinski definition) is 1. The van der Waals surface area contributed by atoms with Gasteiger partial charge in [0, 0.05) is 35.2 Å². The highest BCUT2D eigenvalue weighted by molar-refractivity contribution is 7.98. The van der Waals surface area contributed by atoms with Gasteiger partial charge >= 0.3 is 0 Å². The Morgan fingerprint density at radius 1 is 0.967 bits per heavy atom. The first-order valence-electron chi connectivity index (χ1n) is 9.33. The van der Waals surface area contributed by atoms with Gasteiger partial charge in [-0.05, 0) is 53.6 Å². The van der Waals surface area contributed by atoms with E-state index in [0.29, 0.717) is 29.4 Å². The Morgan fingerprint density at radius 2 is 1.67 bits per heavy atom. The highest BCUT2D eigenvalue weighted by atomic mass is 32.2. The minimum absolute atomic E-state index is 0.146. The third-order valence-electron chi connectivity index (χ3n) is 4.42. The van der Waals surface area contributed by atoms with Gasteiger partial charge in [0.2, 0.25) is 5.75 Å². The summed E-state index contributed by atoms with van der Waals surface area (Å²) in [6.45, 7) is 0.340. The summed E-state index contributed by atoms with van der Waals surface area (Å²) < 4.78 is 16.0. The number of nitrogens with one attached hydrogen (secondary N) is 1. The molecule has 30 heavy (non-hydrogen) atoms. The molecule has 0 aliphatic carbocycles. The second-order valence-electron chi connectivity index (χ2n) is 6.39. The number of ether oxygens (including phenoxy) is 3. The first kappa shape index (κ1) is 21.5. The molecular weight excluding hydrogens is 400 g/mol. The predicted molar refractivity (Wildman–Crippen MR) is 118 cm³/mol. The van der Waals surface area contributed by atoms with Crippen LogP contribution >= 0.6 is 11.8 Å². The van der Waals surface area contributed by atoms with Crippen LogP contribution in [0.2, 0.25) is 0 Å². The molecule has 2 aromatic carbocycles. The van der Waals surface area contributed by atoms with Crippen molar-refractivity contribution in [2.75, 3.05) is 21.3 Å². The van der Waals surface area contributed by atoms with Crippen LogP contribution < -0.4 is 19.5 Å². The molecule has 6 nitrogen and oxygen atoms in total. The van der Waals surface area contributed by atoms with E-state index in [1.807, 2.05) is 54.7 Å². The zero-order chi connectivity index (χ0) is 21.3. The molecule has 1 N–H and O–H groups in total. The molecule has 0 saturated carbocycles. The van der Waals surface area contributed by atoms with Gasteiger partial charge in [0.05, 0.1) is 21.3 Å². The van der Waals surface area contributed by atoms with Crippen molar-refractivity contribution in [2.45, 2.75) is 17.2 Å². The first-order valence-corrected chi connectivity index (χ1v) is 10.3. The topological polar surface area (TPSA) is 69.7 Å². The number of rotatable bonds is 9. The van der Waals surface area contributed by atoms with Gasteiger partial charge in [0.25, 0.3) is 5.91 Å². The summed E-state index contributed by atoms with van der Waals surface area (Å²) in [4.78, 5) is 17.7. The second kappa shape index (κ2) is 10.5. The summed E-state index contributed by atoms with van der Waals surface area (Å²) >= 11 is 1.70. The first-order chi connectivity index (χ1) is 14.6. The zero-order valence-electron chi connectivity index (χ0n) is 17.2. The second-order valence-corrected chi connectivity index (χ2v) is 7.44. The van der Waals surface area contributed by atoms with Crippen molar-refractivity contribution >= 4 is 17.7 Å². The van der Waals surface area contributed by atoms with E-state index in [1.54, 1.807) is 39.3 Å². The molecule has 156 valence electrons. The van der Waals surface area contributed by atoms with E-state index in [1.165, 1.54) is 0 Å². The molecule has 0 saturated heterocycles. The average molecular weight is 425 g/mol. The fraction of sp³-hybridized carbons (Fsp3) is 0.217. The number of carbonyl (C=O) groups excluding carboxylic acids is 1. The third-order valence-corrected chi connectivity index (χ3v) is 5.51. The van der Waals surface area contributed by atoms with Gasteiger partial charge in [-0.2, -0.15) is 0 Å². The molecule has 0 fully saturated rings. The third kappa shape index (κ3) is 5.45. The fourth-order valence-corrected chi connectivity index (χ4v) is 3.71. The lowest BCUT2D eigenvalue weighted by Crippen LogP contribution is -2.22. The number of methoxy groups -OCH3 is 3. The van der Waals surface area contributed by atoms with Crippen LogP contribution in [0.1, 0.15) is 21.5 Å². The lowest BCUT2D eigenvalue weighted by molar-refractivity contribution is 0.0950. The lowest BCUT2D eigenvalue weighted by Gasteiger charge is -2.14. The largest absolute Gasteiger partial charge is 0.493 e. The van der Waals surface area contributed by atoms with E-state index in [-0.39, 0.29) is 5.91 Å². The molecule has 0 aliphatic heterocycles. The van der Waals surface area contributed by atoms with Crippen molar-refractivity contribution in [3.8, 4) is 17.2 Å². The van der Waals surface area contributed by atoms with Crippen molar-refractivity contribution in [3.63, 3.8) is 0 Å². The number of pyridine rings is 1. The minimum Gasteiger partial charge on any atom is -0.493 e. The van der Waals surface area contributed by atoms with Gasteiger partial charge < -0.3 is 19.5 Å². The summed E-state index contributed by atoms with van der Waals surface area (Å²) in [5, 5.41) is 2.93. The minimum atomic E-state index is -0.146. The Hall–Kier alpha value is -3.19. The number of amides is 1. The van der Waals surface area contributed by atoms with Crippen LogP contribution in [-0.4, -0.2) is 32.2 Å². The van der Waals surface area contributed by atoms with E-state index in [4.69, 9.17) is 14.2 Å². The quantitative estimate of drug-likeness (QED) is 0.516. The normalized spacial score (nSPS) is 10.4. The number of thioether (sulfide) groups is 1. The van der Waals surface area contributed by atoms with Crippen molar-refractivity contribution < 1.29 is 19.0 Å². The van der Waals surface area contributed by atoms with Crippen molar-refractivity contribution in [1.82, 2.24) is 10.3 Å². The predicted octanol–water partition coefficient (Wildman–Crippen LogP) is 4.33. The monoisotopic (exact) mass is 424 g/mol. The van der Waals surface area contributed by atoms with Crippen molar-refractivity contribution in [2.24, 2.45) is 0 Å². The molecule has 0 atom stereocenters. The van der Waals surface area contributed by atoms with Crippen LogP contribution in [0.15, 0.2) is 65.8 Å². The van der Waals surface area contributed by atoms with Gasteiger partial charge in [-0.1, -0.05) is 6.07 Å². The summed E-state index contributed by atoms with van der Waals surface area (Å²) in [5.41, 5.74) is 2.62. The Bertz CT molecular complexity index is 953. The van der Waals surface area contributed by atoms with Gasteiger partial charge in [-0.15, -0.1) is 11.8 Å². The van der Waals surface area contributed by atoms with E-state index in [9.17, 15) is 4.79 Å². The Labute approximate surface area is 180 Å². The van der Waals surface area contributed by atoms with Gasteiger partial charge in [0.15, 0.2) is 11.5 Å². The van der Waals surface area contributed by atoms with Crippen LogP contribution in [0.5, 0.6) is 17.2 Å². The number of carbonyl (C=O) groups is 1. The highest BCUT2D eigenvalue weighted by Gasteiger charge is 2.14. The summed E-state index contributed by atoms with van der Waals surface area (Å²) in [6.07, 6.45) is 3.62.